The highest BCUT2D eigenvalue weighted by Crippen LogP contribution is 2.46. The zero-order valence-electron chi connectivity index (χ0n) is 12.9. The summed E-state index contributed by atoms with van der Waals surface area (Å²) in [7, 11) is 0. The molecular formula is C16H28N2OS. The Morgan fingerprint density at radius 2 is 1.95 bits per heavy atom. The van der Waals surface area contributed by atoms with Gasteiger partial charge in [-0.1, -0.05) is 32.6 Å². The molecule has 1 aliphatic heterocycles. The fraction of sp³-hybridized carbons (Fsp3) is 0.938. The van der Waals surface area contributed by atoms with Crippen LogP contribution in [0.1, 0.15) is 64.7 Å². The fourth-order valence-corrected chi connectivity index (χ4v) is 5.17. The van der Waals surface area contributed by atoms with Gasteiger partial charge in [-0.25, -0.2) is 0 Å². The van der Waals surface area contributed by atoms with Gasteiger partial charge in [-0.2, -0.15) is 11.8 Å². The van der Waals surface area contributed by atoms with Crippen molar-refractivity contribution in [2.75, 3.05) is 12.8 Å². The van der Waals surface area contributed by atoms with Crippen molar-refractivity contribution in [1.29, 1.82) is 0 Å². The summed E-state index contributed by atoms with van der Waals surface area (Å²) in [6.45, 7) is 3.18. The maximum atomic E-state index is 13.0. The lowest BCUT2D eigenvalue weighted by Crippen LogP contribution is -2.50. The number of nitrogens with one attached hydrogen (secondary N) is 1. The molecule has 1 saturated heterocycles. The summed E-state index contributed by atoms with van der Waals surface area (Å²) in [6, 6.07) is 0. The van der Waals surface area contributed by atoms with Crippen LogP contribution in [0.2, 0.25) is 0 Å². The number of thioether (sulfide) groups is 1. The molecule has 0 radical (unpaired) electrons. The number of amides is 1. The first-order chi connectivity index (χ1) is 9.65. The van der Waals surface area contributed by atoms with E-state index in [0.29, 0.717) is 10.7 Å². The van der Waals surface area contributed by atoms with E-state index >= 15 is 0 Å². The Morgan fingerprint density at radius 3 is 2.45 bits per heavy atom. The van der Waals surface area contributed by atoms with Crippen LogP contribution in [-0.2, 0) is 4.79 Å². The summed E-state index contributed by atoms with van der Waals surface area (Å²) < 4.78 is 0.355. The van der Waals surface area contributed by atoms with Gasteiger partial charge < -0.3 is 4.90 Å². The van der Waals surface area contributed by atoms with Gasteiger partial charge in [0, 0.05) is 11.3 Å². The lowest BCUT2D eigenvalue weighted by atomic mass is 9.83. The van der Waals surface area contributed by atoms with Gasteiger partial charge in [0.2, 0.25) is 5.91 Å². The summed E-state index contributed by atoms with van der Waals surface area (Å²) in [6.07, 6.45) is 13.2. The third-order valence-electron chi connectivity index (χ3n) is 5.66. The van der Waals surface area contributed by atoms with Crippen LogP contribution in [0.3, 0.4) is 0 Å². The zero-order valence-corrected chi connectivity index (χ0v) is 13.7. The predicted molar refractivity (Wildman–Crippen MR) is 84.8 cm³/mol. The number of hydrogen-bond acceptors (Lipinski definition) is 3. The first-order valence-electron chi connectivity index (χ1n) is 8.29. The fourth-order valence-electron chi connectivity index (χ4n) is 4.20. The van der Waals surface area contributed by atoms with Crippen molar-refractivity contribution in [2.45, 2.75) is 81.2 Å². The monoisotopic (exact) mass is 296 g/mol. The van der Waals surface area contributed by atoms with Gasteiger partial charge in [0.25, 0.3) is 0 Å². The van der Waals surface area contributed by atoms with E-state index in [4.69, 9.17) is 0 Å². The van der Waals surface area contributed by atoms with E-state index in [0.717, 1.165) is 32.2 Å². The normalized spacial score (nSPS) is 31.0. The van der Waals surface area contributed by atoms with Crippen LogP contribution in [-0.4, -0.2) is 40.1 Å². The van der Waals surface area contributed by atoms with E-state index in [1.54, 1.807) is 0 Å². The van der Waals surface area contributed by atoms with E-state index in [1.165, 1.54) is 32.1 Å². The number of rotatable bonds is 5. The van der Waals surface area contributed by atoms with Gasteiger partial charge in [-0.15, -0.1) is 0 Å². The first-order valence-corrected chi connectivity index (χ1v) is 9.51. The molecule has 0 aromatic heterocycles. The van der Waals surface area contributed by atoms with Crippen molar-refractivity contribution >= 4 is 17.7 Å². The minimum atomic E-state index is -0.191. The number of hydrogen-bond donors (Lipinski definition) is 1. The minimum Gasteiger partial charge on any atom is -0.324 e. The van der Waals surface area contributed by atoms with Crippen molar-refractivity contribution < 1.29 is 4.79 Å². The molecule has 1 unspecified atom stereocenters. The van der Waals surface area contributed by atoms with Crippen LogP contribution in [0.4, 0.5) is 0 Å². The highest BCUT2D eigenvalue weighted by atomic mass is 32.2. The summed E-state index contributed by atoms with van der Waals surface area (Å²) in [4.78, 5) is 15.2. The largest absolute Gasteiger partial charge is 0.324 e. The molecule has 3 aliphatic rings. The van der Waals surface area contributed by atoms with E-state index in [2.05, 4.69) is 23.4 Å². The van der Waals surface area contributed by atoms with Gasteiger partial charge in [0.05, 0.1) is 11.7 Å². The highest BCUT2D eigenvalue weighted by Gasteiger charge is 2.54. The lowest BCUT2D eigenvalue weighted by Gasteiger charge is -2.44. The van der Waals surface area contributed by atoms with Gasteiger partial charge >= 0.3 is 0 Å². The van der Waals surface area contributed by atoms with Gasteiger partial charge in [0.1, 0.15) is 0 Å². The van der Waals surface area contributed by atoms with Crippen molar-refractivity contribution in [3.63, 3.8) is 0 Å². The number of nitrogens with zero attached hydrogens (tertiary/aromatic N) is 1. The van der Waals surface area contributed by atoms with Crippen LogP contribution >= 0.6 is 11.8 Å². The van der Waals surface area contributed by atoms with Crippen LogP contribution < -0.4 is 5.32 Å². The topological polar surface area (TPSA) is 32.3 Å². The van der Waals surface area contributed by atoms with E-state index in [-0.39, 0.29) is 11.7 Å². The number of carbonyl (C=O) groups excluding carboxylic acids is 1. The lowest BCUT2D eigenvalue weighted by molar-refractivity contribution is -0.133. The third-order valence-corrected chi connectivity index (χ3v) is 7.07. The first kappa shape index (κ1) is 14.7. The Kier molecular flexibility index (Phi) is 4.06. The molecule has 0 bridgehead atoms. The molecule has 20 heavy (non-hydrogen) atoms. The van der Waals surface area contributed by atoms with Gasteiger partial charge in [-0.3, -0.25) is 10.1 Å². The standard InChI is InChI=1S/C16H28N2OS/c1-3-7-13-17-16(10-4-5-11-16)14(19)18(13)12-15(20-2)8-6-9-15/h13,17H,3-12H2,1-2H3. The molecule has 4 heteroatoms. The molecular weight excluding hydrogens is 268 g/mol. The van der Waals surface area contributed by atoms with E-state index in [1.807, 2.05) is 11.8 Å². The van der Waals surface area contributed by atoms with Crippen LogP contribution in [0.15, 0.2) is 0 Å². The average Bonchev–Trinajstić information content (AvgIpc) is 2.95. The van der Waals surface area contributed by atoms with Gasteiger partial charge in [0.15, 0.2) is 0 Å². The second-order valence-electron chi connectivity index (χ2n) is 6.91. The Hall–Kier alpha value is -0.220. The molecule has 1 heterocycles. The molecule has 1 atom stereocenters. The second kappa shape index (κ2) is 5.53. The van der Waals surface area contributed by atoms with E-state index < -0.39 is 0 Å². The quantitative estimate of drug-likeness (QED) is 0.846. The second-order valence-corrected chi connectivity index (χ2v) is 8.19. The summed E-state index contributed by atoms with van der Waals surface area (Å²) >= 11 is 1.98. The highest BCUT2D eigenvalue weighted by molar-refractivity contribution is 8.00. The smallest absolute Gasteiger partial charge is 0.244 e. The summed E-state index contributed by atoms with van der Waals surface area (Å²) in [5, 5.41) is 3.73. The Balaban J connectivity index is 1.77. The van der Waals surface area contributed by atoms with Crippen LogP contribution in [0.25, 0.3) is 0 Å². The van der Waals surface area contributed by atoms with Crippen molar-refractivity contribution in [3.8, 4) is 0 Å². The molecule has 2 saturated carbocycles. The van der Waals surface area contributed by atoms with Crippen LogP contribution in [0, 0.1) is 0 Å². The van der Waals surface area contributed by atoms with Crippen LogP contribution in [0.5, 0.6) is 0 Å². The molecule has 2 aliphatic carbocycles. The number of carbonyl (C=O) groups is 1. The minimum absolute atomic E-state index is 0.191. The Bertz CT molecular complexity index is 369. The Morgan fingerprint density at radius 1 is 1.25 bits per heavy atom. The predicted octanol–water partition coefficient (Wildman–Crippen LogP) is 3.14. The maximum absolute atomic E-state index is 13.0. The molecule has 1 spiro atoms. The average molecular weight is 296 g/mol. The molecule has 3 rings (SSSR count). The maximum Gasteiger partial charge on any atom is 0.244 e. The van der Waals surface area contributed by atoms with E-state index in [9.17, 15) is 4.79 Å². The van der Waals surface area contributed by atoms with Crippen molar-refractivity contribution in [2.24, 2.45) is 0 Å². The molecule has 1 amide bonds. The Labute approximate surface area is 127 Å². The molecule has 3 fully saturated rings. The molecule has 3 nitrogen and oxygen atoms in total. The van der Waals surface area contributed by atoms with Crippen molar-refractivity contribution in [3.05, 3.63) is 0 Å². The third kappa shape index (κ3) is 2.29. The SMILES string of the molecule is CCCC1NC2(CCCC2)C(=O)N1CC1(SC)CCC1. The molecule has 0 aromatic rings. The molecule has 0 aromatic carbocycles. The zero-order chi connectivity index (χ0) is 14.2. The molecule has 1 N–H and O–H groups in total. The summed E-state index contributed by atoms with van der Waals surface area (Å²) in [5.41, 5.74) is -0.191. The summed E-state index contributed by atoms with van der Waals surface area (Å²) in [5.74, 6) is 0.411. The van der Waals surface area contributed by atoms with Gasteiger partial charge in [-0.05, 0) is 38.4 Å². The van der Waals surface area contributed by atoms with Crippen molar-refractivity contribution in [1.82, 2.24) is 10.2 Å². The molecule has 114 valence electrons.